The van der Waals surface area contributed by atoms with Crippen LogP contribution in [0.3, 0.4) is 0 Å². The summed E-state index contributed by atoms with van der Waals surface area (Å²) in [6, 6.07) is 0. The van der Waals surface area contributed by atoms with Gasteiger partial charge in [-0.2, -0.15) is 4.31 Å². The van der Waals surface area contributed by atoms with Crippen molar-refractivity contribution in [2.45, 2.75) is 31.6 Å². The first-order valence-electron chi connectivity index (χ1n) is 6.54. The molecule has 0 atom stereocenters. The Kier molecular flexibility index (Phi) is 5.29. The van der Waals surface area contributed by atoms with Gasteiger partial charge in [0.25, 0.3) is 5.56 Å². The van der Waals surface area contributed by atoms with Gasteiger partial charge < -0.3 is 4.57 Å². The lowest BCUT2D eigenvalue weighted by molar-refractivity contribution is 0.416. The molecule has 0 amide bonds. The maximum absolute atomic E-state index is 12.5. The molecule has 0 saturated heterocycles. The van der Waals surface area contributed by atoms with E-state index in [9.17, 15) is 18.0 Å². The molecule has 114 valence electrons. The number of unbranched alkanes of at least 4 members (excludes halogenated alkanes) is 1. The Morgan fingerprint density at radius 3 is 2.30 bits per heavy atom. The molecule has 0 bridgehead atoms. The first-order chi connectivity index (χ1) is 9.27. The molecular weight excluding hydrogens is 282 g/mol. The van der Waals surface area contributed by atoms with E-state index in [0.717, 1.165) is 28.2 Å². The van der Waals surface area contributed by atoms with E-state index in [0.29, 0.717) is 6.54 Å². The summed E-state index contributed by atoms with van der Waals surface area (Å²) in [5, 5.41) is 0. The second kappa shape index (κ2) is 6.36. The van der Waals surface area contributed by atoms with E-state index >= 15 is 0 Å². The molecule has 0 fully saturated rings. The predicted octanol–water partition coefficient (Wildman–Crippen LogP) is -0.105. The quantitative estimate of drug-likeness (QED) is 0.734. The van der Waals surface area contributed by atoms with Crippen LogP contribution in [0, 0.1) is 0 Å². The smallest absolute Gasteiger partial charge is 0.302 e. The number of aromatic nitrogens is 2. The molecule has 0 radical (unpaired) electrons. The Morgan fingerprint density at radius 2 is 1.80 bits per heavy atom. The number of rotatable bonds is 6. The van der Waals surface area contributed by atoms with E-state index in [-0.39, 0.29) is 11.4 Å². The van der Waals surface area contributed by atoms with Crippen LogP contribution in [0.4, 0.5) is 0 Å². The van der Waals surface area contributed by atoms with Gasteiger partial charge in [0.05, 0.1) is 0 Å². The van der Waals surface area contributed by atoms with Crippen LogP contribution in [0.15, 0.2) is 20.7 Å². The molecule has 0 spiro atoms. The van der Waals surface area contributed by atoms with Gasteiger partial charge in [0.15, 0.2) is 4.90 Å². The second-order valence-electron chi connectivity index (χ2n) is 4.60. The largest absolute Gasteiger partial charge is 0.330 e. The SMILES string of the molecule is CCCCN(CC)S(=O)(=O)c1cn(C)c(=O)n(C)c1=O. The number of hydrogen-bond donors (Lipinski definition) is 0. The molecular formula is C12H21N3O4S. The van der Waals surface area contributed by atoms with Crippen molar-refractivity contribution in [3.05, 3.63) is 27.0 Å². The molecule has 0 aromatic carbocycles. The molecule has 0 aliphatic rings. The first-order valence-corrected chi connectivity index (χ1v) is 7.98. The molecule has 1 aromatic rings. The van der Waals surface area contributed by atoms with E-state index < -0.39 is 21.3 Å². The van der Waals surface area contributed by atoms with Gasteiger partial charge >= 0.3 is 5.69 Å². The maximum Gasteiger partial charge on any atom is 0.330 e. The summed E-state index contributed by atoms with van der Waals surface area (Å²) in [7, 11) is -1.19. The predicted molar refractivity (Wildman–Crippen MR) is 76.3 cm³/mol. The fraction of sp³-hybridized carbons (Fsp3) is 0.667. The average Bonchev–Trinajstić information content (AvgIpc) is 2.41. The molecule has 0 aliphatic heterocycles. The van der Waals surface area contributed by atoms with Gasteiger partial charge in [0, 0.05) is 33.4 Å². The van der Waals surface area contributed by atoms with Gasteiger partial charge in [0.1, 0.15) is 0 Å². The van der Waals surface area contributed by atoms with Crippen LogP contribution in [0.1, 0.15) is 26.7 Å². The Morgan fingerprint density at radius 1 is 1.20 bits per heavy atom. The topological polar surface area (TPSA) is 81.4 Å². The van der Waals surface area contributed by atoms with Gasteiger partial charge in [-0.1, -0.05) is 20.3 Å². The molecule has 20 heavy (non-hydrogen) atoms. The van der Waals surface area contributed by atoms with E-state index in [1.54, 1.807) is 6.92 Å². The van der Waals surface area contributed by atoms with Crippen molar-refractivity contribution in [1.29, 1.82) is 0 Å². The highest BCUT2D eigenvalue weighted by Crippen LogP contribution is 2.11. The third-order valence-corrected chi connectivity index (χ3v) is 5.10. The zero-order valence-electron chi connectivity index (χ0n) is 12.3. The third-order valence-electron chi connectivity index (χ3n) is 3.15. The van der Waals surface area contributed by atoms with Crippen molar-refractivity contribution in [2.75, 3.05) is 13.1 Å². The maximum atomic E-state index is 12.5. The highest BCUT2D eigenvalue weighted by molar-refractivity contribution is 7.89. The lowest BCUT2D eigenvalue weighted by atomic mass is 10.3. The van der Waals surface area contributed by atoms with Gasteiger partial charge in [-0.15, -0.1) is 0 Å². The van der Waals surface area contributed by atoms with Crippen LogP contribution in [-0.4, -0.2) is 34.9 Å². The summed E-state index contributed by atoms with van der Waals surface area (Å²) in [5.41, 5.74) is -1.34. The molecule has 8 heteroatoms. The molecule has 7 nitrogen and oxygen atoms in total. The average molecular weight is 303 g/mol. The number of nitrogens with zero attached hydrogens (tertiary/aromatic N) is 3. The standard InChI is InChI=1S/C12H21N3O4S/c1-5-7-8-15(6-2)20(18,19)10-9-13(3)12(17)14(4)11(10)16/h9H,5-8H2,1-4H3. The van der Waals surface area contributed by atoms with Crippen molar-refractivity contribution < 1.29 is 8.42 Å². The van der Waals surface area contributed by atoms with Crippen LogP contribution >= 0.6 is 0 Å². The van der Waals surface area contributed by atoms with E-state index in [1.165, 1.54) is 18.4 Å². The molecule has 1 rings (SSSR count). The first kappa shape index (κ1) is 16.6. The van der Waals surface area contributed by atoms with Crippen molar-refractivity contribution in [2.24, 2.45) is 14.1 Å². The van der Waals surface area contributed by atoms with Crippen LogP contribution in [0.5, 0.6) is 0 Å². The zero-order valence-corrected chi connectivity index (χ0v) is 13.1. The summed E-state index contributed by atoms with van der Waals surface area (Å²) in [5.74, 6) is 0. The van der Waals surface area contributed by atoms with Gasteiger partial charge in [-0.05, 0) is 6.42 Å². The number of sulfonamides is 1. The fourth-order valence-electron chi connectivity index (χ4n) is 1.87. The molecule has 0 aliphatic carbocycles. The third kappa shape index (κ3) is 3.01. The van der Waals surface area contributed by atoms with Crippen LogP contribution in [0.25, 0.3) is 0 Å². The Balaban J connectivity index is 3.43. The zero-order chi connectivity index (χ0) is 15.5. The summed E-state index contributed by atoms with van der Waals surface area (Å²) in [4.78, 5) is 23.3. The van der Waals surface area contributed by atoms with Crippen molar-refractivity contribution in [3.8, 4) is 0 Å². The highest BCUT2D eigenvalue weighted by atomic mass is 32.2. The highest BCUT2D eigenvalue weighted by Gasteiger charge is 2.27. The number of aryl methyl sites for hydroxylation is 1. The lowest BCUT2D eigenvalue weighted by Crippen LogP contribution is -2.42. The van der Waals surface area contributed by atoms with Gasteiger partial charge in [-0.25, -0.2) is 13.2 Å². The van der Waals surface area contributed by atoms with Gasteiger partial charge in [0.2, 0.25) is 10.0 Å². The summed E-state index contributed by atoms with van der Waals surface area (Å²) in [6.07, 6.45) is 2.67. The Bertz CT molecular complexity index is 688. The fourth-order valence-corrected chi connectivity index (χ4v) is 3.51. The van der Waals surface area contributed by atoms with Crippen molar-refractivity contribution in [1.82, 2.24) is 13.4 Å². The minimum atomic E-state index is -3.88. The normalized spacial score (nSPS) is 12.1. The van der Waals surface area contributed by atoms with Crippen molar-refractivity contribution in [3.63, 3.8) is 0 Å². The van der Waals surface area contributed by atoms with Crippen LogP contribution in [0.2, 0.25) is 0 Å². The monoisotopic (exact) mass is 303 g/mol. The van der Waals surface area contributed by atoms with Crippen LogP contribution in [-0.2, 0) is 24.1 Å². The molecule has 0 saturated carbocycles. The molecule has 1 heterocycles. The minimum Gasteiger partial charge on any atom is -0.302 e. The molecule has 0 N–H and O–H groups in total. The van der Waals surface area contributed by atoms with E-state index in [4.69, 9.17) is 0 Å². The minimum absolute atomic E-state index is 0.286. The Hall–Kier alpha value is -1.41. The Labute approximate surface area is 118 Å². The van der Waals surface area contributed by atoms with Gasteiger partial charge in [-0.3, -0.25) is 9.36 Å². The summed E-state index contributed by atoms with van der Waals surface area (Å²) in [6.45, 7) is 4.33. The number of hydrogen-bond acceptors (Lipinski definition) is 4. The van der Waals surface area contributed by atoms with E-state index in [2.05, 4.69) is 0 Å². The van der Waals surface area contributed by atoms with E-state index in [1.807, 2.05) is 6.92 Å². The molecule has 0 unspecified atom stereocenters. The van der Waals surface area contributed by atoms with Crippen molar-refractivity contribution >= 4 is 10.0 Å². The lowest BCUT2D eigenvalue weighted by Gasteiger charge is -2.20. The second-order valence-corrected chi connectivity index (χ2v) is 6.51. The molecule has 1 aromatic heterocycles. The summed E-state index contributed by atoms with van der Waals surface area (Å²) >= 11 is 0. The summed E-state index contributed by atoms with van der Waals surface area (Å²) < 4.78 is 28.2. The van der Waals surface area contributed by atoms with Crippen LogP contribution < -0.4 is 11.2 Å².